The molecule has 0 aromatic heterocycles. The largest absolute Gasteiger partial charge is 0.313 e. The van der Waals surface area contributed by atoms with Crippen LogP contribution in [0.25, 0.3) is 0 Å². The van der Waals surface area contributed by atoms with Gasteiger partial charge >= 0.3 is 0 Å². The van der Waals surface area contributed by atoms with Crippen molar-refractivity contribution in [1.82, 2.24) is 10.8 Å². The summed E-state index contributed by atoms with van der Waals surface area (Å²) in [6.07, 6.45) is 2.58. The lowest BCUT2D eigenvalue weighted by Gasteiger charge is -2.16. The Kier molecular flexibility index (Phi) is 8.89. The zero-order chi connectivity index (χ0) is 22.1. The molecule has 30 heavy (non-hydrogen) atoms. The Morgan fingerprint density at radius 2 is 1.87 bits per heavy atom. The second-order valence-corrected chi connectivity index (χ2v) is 7.52. The molecule has 0 spiro atoms. The molecule has 0 radical (unpaired) electrons. The van der Waals surface area contributed by atoms with Gasteiger partial charge in [-0.2, -0.15) is 0 Å². The molecule has 0 aliphatic carbocycles. The van der Waals surface area contributed by atoms with Crippen LogP contribution in [0.4, 0.5) is 10.1 Å². The number of hydrogen-bond acceptors (Lipinski definition) is 5. The third kappa shape index (κ3) is 6.89. The van der Waals surface area contributed by atoms with Crippen LogP contribution in [-0.2, 0) is 17.8 Å². The SMILES string of the molecule is Cc1cc(C[C@H](CCCCNCc2cccc([N+](=O)[O-])c2)C(=O)NO)cc(C)c1F. The number of aryl methyl sites for hydroxylation is 2. The minimum absolute atomic E-state index is 0.0680. The van der Waals surface area contributed by atoms with Crippen molar-refractivity contribution >= 4 is 11.6 Å². The van der Waals surface area contributed by atoms with E-state index in [4.69, 9.17) is 5.21 Å². The molecule has 1 atom stereocenters. The van der Waals surface area contributed by atoms with Gasteiger partial charge in [0.2, 0.25) is 5.91 Å². The number of benzene rings is 2. The van der Waals surface area contributed by atoms with E-state index < -0.39 is 16.7 Å². The summed E-state index contributed by atoms with van der Waals surface area (Å²) < 4.78 is 13.8. The van der Waals surface area contributed by atoms with E-state index in [0.29, 0.717) is 37.1 Å². The van der Waals surface area contributed by atoms with Crippen molar-refractivity contribution < 1.29 is 19.3 Å². The summed E-state index contributed by atoms with van der Waals surface area (Å²) in [5.74, 6) is -1.09. The summed E-state index contributed by atoms with van der Waals surface area (Å²) in [6, 6.07) is 9.96. The quantitative estimate of drug-likeness (QED) is 0.222. The first-order valence-corrected chi connectivity index (χ1v) is 9.95. The van der Waals surface area contributed by atoms with Crippen LogP contribution < -0.4 is 10.8 Å². The predicted molar refractivity (Wildman–Crippen MR) is 112 cm³/mol. The van der Waals surface area contributed by atoms with Crippen LogP contribution >= 0.6 is 0 Å². The van der Waals surface area contributed by atoms with E-state index in [1.165, 1.54) is 6.07 Å². The molecular formula is C22H28FN3O4. The van der Waals surface area contributed by atoms with Crippen LogP contribution in [-0.4, -0.2) is 22.6 Å². The number of nitro benzene ring substituents is 1. The first kappa shape index (κ1) is 23.4. The van der Waals surface area contributed by atoms with E-state index in [-0.39, 0.29) is 11.5 Å². The fourth-order valence-electron chi connectivity index (χ4n) is 3.51. The second kappa shape index (κ2) is 11.4. The predicted octanol–water partition coefficient (Wildman–Crippen LogP) is 3.97. The summed E-state index contributed by atoms with van der Waals surface area (Å²) in [5.41, 5.74) is 4.58. The maximum absolute atomic E-state index is 13.8. The molecule has 3 N–H and O–H groups in total. The first-order valence-electron chi connectivity index (χ1n) is 9.95. The van der Waals surface area contributed by atoms with E-state index in [2.05, 4.69) is 5.32 Å². The van der Waals surface area contributed by atoms with E-state index in [9.17, 15) is 19.3 Å². The van der Waals surface area contributed by atoms with Crippen molar-refractivity contribution in [3.8, 4) is 0 Å². The van der Waals surface area contributed by atoms with Crippen molar-refractivity contribution in [2.45, 2.75) is 46.1 Å². The Bertz CT molecular complexity index is 865. The van der Waals surface area contributed by atoms with Gasteiger partial charge in [-0.05, 0) is 61.9 Å². The lowest BCUT2D eigenvalue weighted by molar-refractivity contribution is -0.384. The Hall–Kier alpha value is -2.84. The summed E-state index contributed by atoms with van der Waals surface area (Å²) in [5, 5.41) is 23.1. The zero-order valence-corrected chi connectivity index (χ0v) is 17.3. The molecule has 0 fully saturated rings. The number of unbranched alkanes of at least 4 members (excludes halogenated alkanes) is 1. The molecule has 0 saturated heterocycles. The lowest BCUT2D eigenvalue weighted by Crippen LogP contribution is -2.29. The van der Waals surface area contributed by atoms with Gasteiger partial charge in [-0.1, -0.05) is 30.7 Å². The maximum Gasteiger partial charge on any atom is 0.269 e. The third-order valence-electron chi connectivity index (χ3n) is 5.07. The summed E-state index contributed by atoms with van der Waals surface area (Å²) in [4.78, 5) is 22.4. The zero-order valence-electron chi connectivity index (χ0n) is 17.3. The number of hydroxylamine groups is 1. The number of nitro groups is 1. The number of carbonyl (C=O) groups excluding carboxylic acids is 1. The fraction of sp³-hybridized carbons (Fsp3) is 0.409. The molecule has 162 valence electrons. The highest BCUT2D eigenvalue weighted by Gasteiger charge is 2.19. The van der Waals surface area contributed by atoms with Crippen molar-refractivity contribution in [1.29, 1.82) is 0 Å². The molecular weight excluding hydrogens is 389 g/mol. The summed E-state index contributed by atoms with van der Waals surface area (Å²) in [6.45, 7) is 4.61. The van der Waals surface area contributed by atoms with Gasteiger partial charge in [0.25, 0.3) is 5.69 Å². The van der Waals surface area contributed by atoms with Crippen LogP contribution in [0.2, 0.25) is 0 Å². The molecule has 0 aliphatic heterocycles. The molecule has 0 saturated carbocycles. The fourth-order valence-corrected chi connectivity index (χ4v) is 3.51. The van der Waals surface area contributed by atoms with Crippen LogP contribution in [0.5, 0.6) is 0 Å². The minimum Gasteiger partial charge on any atom is -0.313 e. The smallest absolute Gasteiger partial charge is 0.269 e. The highest BCUT2D eigenvalue weighted by Crippen LogP contribution is 2.20. The Morgan fingerprint density at radius 3 is 2.50 bits per heavy atom. The van der Waals surface area contributed by atoms with Crippen LogP contribution in [0.1, 0.15) is 41.5 Å². The first-order chi connectivity index (χ1) is 14.3. The number of amides is 1. The summed E-state index contributed by atoms with van der Waals surface area (Å²) >= 11 is 0. The van der Waals surface area contributed by atoms with Crippen molar-refractivity contribution in [3.05, 3.63) is 74.6 Å². The highest BCUT2D eigenvalue weighted by molar-refractivity contribution is 5.77. The normalized spacial score (nSPS) is 11.9. The van der Waals surface area contributed by atoms with Crippen LogP contribution in [0.15, 0.2) is 36.4 Å². The average molecular weight is 417 g/mol. The van der Waals surface area contributed by atoms with E-state index in [1.54, 1.807) is 43.6 Å². The molecule has 1 amide bonds. The molecule has 2 aromatic rings. The van der Waals surface area contributed by atoms with Gasteiger partial charge in [-0.3, -0.25) is 20.1 Å². The second-order valence-electron chi connectivity index (χ2n) is 7.52. The molecule has 8 heteroatoms. The molecule has 0 aliphatic rings. The van der Waals surface area contributed by atoms with Crippen molar-refractivity contribution in [2.75, 3.05) is 6.54 Å². The molecule has 0 bridgehead atoms. The highest BCUT2D eigenvalue weighted by atomic mass is 19.1. The molecule has 2 rings (SSSR count). The Balaban J connectivity index is 1.80. The van der Waals surface area contributed by atoms with E-state index in [1.807, 2.05) is 6.07 Å². The van der Waals surface area contributed by atoms with Gasteiger partial charge in [-0.15, -0.1) is 0 Å². The maximum atomic E-state index is 13.8. The Morgan fingerprint density at radius 1 is 1.17 bits per heavy atom. The minimum atomic E-state index is -0.445. The van der Waals surface area contributed by atoms with E-state index in [0.717, 1.165) is 24.0 Å². The standard InChI is InChI=1S/C22H28FN3O4/c1-15-10-18(11-16(2)21(15)23)12-19(22(27)25-28)7-3-4-9-24-14-17-6-5-8-20(13-17)26(29)30/h5-6,8,10-11,13,19,24,28H,3-4,7,9,12,14H2,1-2H3,(H,25,27)/t19-/m0/s1. The van der Waals surface area contributed by atoms with Crippen LogP contribution in [0.3, 0.4) is 0 Å². The number of nitrogens with zero attached hydrogens (tertiary/aromatic N) is 1. The number of non-ortho nitro benzene ring substituents is 1. The van der Waals surface area contributed by atoms with Gasteiger partial charge in [0.15, 0.2) is 0 Å². The van der Waals surface area contributed by atoms with Gasteiger partial charge < -0.3 is 5.32 Å². The molecule has 2 aromatic carbocycles. The monoisotopic (exact) mass is 417 g/mol. The number of carbonyl (C=O) groups is 1. The number of halogens is 1. The van der Waals surface area contributed by atoms with Gasteiger partial charge in [0, 0.05) is 24.6 Å². The number of nitrogens with one attached hydrogen (secondary N) is 2. The topological polar surface area (TPSA) is 105 Å². The van der Waals surface area contributed by atoms with Crippen LogP contribution in [0, 0.1) is 35.7 Å². The number of rotatable bonds is 11. The molecule has 0 unspecified atom stereocenters. The van der Waals surface area contributed by atoms with Crippen molar-refractivity contribution in [2.24, 2.45) is 5.92 Å². The van der Waals surface area contributed by atoms with Gasteiger partial charge in [-0.25, -0.2) is 9.87 Å². The van der Waals surface area contributed by atoms with Gasteiger partial charge in [0.05, 0.1) is 4.92 Å². The molecule has 7 nitrogen and oxygen atoms in total. The van der Waals surface area contributed by atoms with E-state index >= 15 is 0 Å². The summed E-state index contributed by atoms with van der Waals surface area (Å²) in [7, 11) is 0. The number of hydrogen-bond donors (Lipinski definition) is 3. The molecule has 0 heterocycles. The average Bonchev–Trinajstić information content (AvgIpc) is 2.73. The third-order valence-corrected chi connectivity index (χ3v) is 5.07. The lowest BCUT2D eigenvalue weighted by atomic mass is 9.91. The Labute approximate surface area is 175 Å². The van der Waals surface area contributed by atoms with Gasteiger partial charge in [0.1, 0.15) is 5.82 Å². The van der Waals surface area contributed by atoms with Crippen molar-refractivity contribution in [3.63, 3.8) is 0 Å².